The Hall–Kier alpha value is -0.370. The van der Waals surface area contributed by atoms with Gasteiger partial charge in [-0.3, -0.25) is 4.57 Å². The molecular weight excluding hydrogens is 476 g/mol. The summed E-state index contributed by atoms with van der Waals surface area (Å²) in [6.45, 7) is 0. The molecule has 1 aromatic carbocycles. The summed E-state index contributed by atoms with van der Waals surface area (Å²) in [7, 11) is 0. The highest BCUT2D eigenvalue weighted by molar-refractivity contribution is 14.1. The summed E-state index contributed by atoms with van der Waals surface area (Å²) in [4.78, 5) is 8.98. The highest BCUT2D eigenvalue weighted by atomic mass is 127. The molecule has 0 unspecified atom stereocenters. The van der Waals surface area contributed by atoms with E-state index in [-0.39, 0.29) is 0 Å². The average molecular weight is 483 g/mol. The first-order valence-corrected chi connectivity index (χ1v) is 8.43. The number of benzene rings is 1. The number of fused-ring (bicyclic) bond motifs is 1. The molecule has 7 heteroatoms. The van der Waals surface area contributed by atoms with Gasteiger partial charge in [0.25, 0.3) is 0 Å². The SMILES string of the molecule is ClCc1nc2cc(Br)cnc2n1-c1ccc(Cl)cc1I. The minimum atomic E-state index is 0.312. The molecule has 102 valence electrons. The quantitative estimate of drug-likeness (QED) is 0.372. The largest absolute Gasteiger partial charge is 0.279 e. The van der Waals surface area contributed by atoms with Crippen LogP contribution >= 0.6 is 61.7 Å². The fourth-order valence-electron chi connectivity index (χ4n) is 1.99. The number of hydrogen-bond donors (Lipinski definition) is 0. The lowest BCUT2D eigenvalue weighted by atomic mass is 10.3. The maximum absolute atomic E-state index is 6.03. The zero-order chi connectivity index (χ0) is 14.3. The lowest BCUT2D eigenvalue weighted by Crippen LogP contribution is -2.02. The Morgan fingerprint density at radius 2 is 2.10 bits per heavy atom. The van der Waals surface area contributed by atoms with Crippen molar-refractivity contribution in [3.05, 3.63) is 49.4 Å². The van der Waals surface area contributed by atoms with Gasteiger partial charge in [-0.25, -0.2) is 9.97 Å². The molecule has 0 radical (unpaired) electrons. The van der Waals surface area contributed by atoms with Crippen LogP contribution in [-0.2, 0) is 5.88 Å². The lowest BCUT2D eigenvalue weighted by Gasteiger charge is -2.09. The van der Waals surface area contributed by atoms with Crippen molar-refractivity contribution in [3.8, 4) is 5.69 Å². The molecule has 0 N–H and O–H groups in total. The second-order valence-corrected chi connectivity index (χ2v) is 6.87. The molecule has 0 bridgehead atoms. The van der Waals surface area contributed by atoms with Gasteiger partial charge in [0.15, 0.2) is 5.65 Å². The molecule has 0 spiro atoms. The molecule has 0 amide bonds. The molecule has 0 aliphatic heterocycles. The van der Waals surface area contributed by atoms with Crippen molar-refractivity contribution in [2.24, 2.45) is 0 Å². The molecule has 3 nitrogen and oxygen atoms in total. The van der Waals surface area contributed by atoms with E-state index >= 15 is 0 Å². The summed E-state index contributed by atoms with van der Waals surface area (Å²) in [5.74, 6) is 1.07. The maximum atomic E-state index is 6.03. The van der Waals surface area contributed by atoms with Gasteiger partial charge in [0.1, 0.15) is 11.3 Å². The van der Waals surface area contributed by atoms with Crippen LogP contribution in [0.15, 0.2) is 34.9 Å². The van der Waals surface area contributed by atoms with E-state index in [2.05, 4.69) is 48.5 Å². The topological polar surface area (TPSA) is 30.7 Å². The van der Waals surface area contributed by atoms with Gasteiger partial charge >= 0.3 is 0 Å². The Bertz CT molecular complexity index is 804. The third-order valence-corrected chi connectivity index (χ3v) is 4.58. The Morgan fingerprint density at radius 1 is 1.30 bits per heavy atom. The van der Waals surface area contributed by atoms with Crippen molar-refractivity contribution < 1.29 is 0 Å². The van der Waals surface area contributed by atoms with Gasteiger partial charge in [-0.2, -0.15) is 0 Å². The molecule has 3 rings (SSSR count). The number of alkyl halides is 1. The van der Waals surface area contributed by atoms with Crippen LogP contribution in [0.1, 0.15) is 5.82 Å². The number of imidazole rings is 1. The summed E-state index contributed by atoms with van der Waals surface area (Å²) in [6, 6.07) is 7.63. The standard InChI is InChI=1S/C13H7BrCl2IN3/c14-7-3-10-13(18-6-7)20(12(5-15)19-10)11-2-1-8(16)4-9(11)17/h1-4,6H,5H2. The van der Waals surface area contributed by atoms with Crippen LogP contribution in [-0.4, -0.2) is 14.5 Å². The highest BCUT2D eigenvalue weighted by Gasteiger charge is 2.15. The van der Waals surface area contributed by atoms with Crippen molar-refractivity contribution in [1.82, 2.24) is 14.5 Å². The zero-order valence-electron chi connectivity index (χ0n) is 9.95. The molecule has 3 aromatic rings. The van der Waals surface area contributed by atoms with Crippen LogP contribution in [0.25, 0.3) is 16.9 Å². The first kappa shape index (κ1) is 14.6. The first-order chi connectivity index (χ1) is 9.60. The number of nitrogens with zero attached hydrogens (tertiary/aromatic N) is 3. The van der Waals surface area contributed by atoms with Crippen LogP contribution in [0.5, 0.6) is 0 Å². The second kappa shape index (κ2) is 5.79. The van der Waals surface area contributed by atoms with E-state index in [0.29, 0.717) is 10.9 Å². The minimum Gasteiger partial charge on any atom is -0.279 e. The van der Waals surface area contributed by atoms with E-state index < -0.39 is 0 Å². The van der Waals surface area contributed by atoms with E-state index in [1.165, 1.54) is 0 Å². The molecule has 2 aromatic heterocycles. The number of hydrogen-bond acceptors (Lipinski definition) is 2. The number of rotatable bonds is 2. The fraction of sp³-hybridized carbons (Fsp3) is 0.0769. The smallest absolute Gasteiger partial charge is 0.164 e. The minimum absolute atomic E-state index is 0.312. The molecule has 0 aliphatic rings. The number of pyridine rings is 1. The van der Waals surface area contributed by atoms with Gasteiger partial charge in [-0.15, -0.1) is 11.6 Å². The van der Waals surface area contributed by atoms with Crippen molar-refractivity contribution >= 4 is 72.9 Å². The van der Waals surface area contributed by atoms with E-state index in [0.717, 1.165) is 30.7 Å². The maximum Gasteiger partial charge on any atom is 0.164 e. The van der Waals surface area contributed by atoms with Gasteiger partial charge in [0.2, 0.25) is 0 Å². The Labute approximate surface area is 147 Å². The van der Waals surface area contributed by atoms with Crippen molar-refractivity contribution in [1.29, 1.82) is 0 Å². The number of halogens is 4. The molecule has 0 atom stereocenters. The molecule has 0 aliphatic carbocycles. The van der Waals surface area contributed by atoms with Gasteiger partial charge in [-0.1, -0.05) is 11.6 Å². The van der Waals surface area contributed by atoms with Crippen LogP contribution < -0.4 is 0 Å². The normalized spacial score (nSPS) is 11.2. The Morgan fingerprint density at radius 3 is 2.80 bits per heavy atom. The predicted molar refractivity (Wildman–Crippen MR) is 93.8 cm³/mol. The van der Waals surface area contributed by atoms with Crippen molar-refractivity contribution in [2.75, 3.05) is 0 Å². The summed E-state index contributed by atoms with van der Waals surface area (Å²) < 4.78 is 3.87. The van der Waals surface area contributed by atoms with E-state index in [4.69, 9.17) is 23.2 Å². The van der Waals surface area contributed by atoms with Gasteiger partial charge in [0, 0.05) is 19.3 Å². The summed E-state index contributed by atoms with van der Waals surface area (Å²) in [6.07, 6.45) is 1.75. The molecule has 0 fully saturated rings. The summed E-state index contributed by atoms with van der Waals surface area (Å²) >= 11 is 17.7. The second-order valence-electron chi connectivity index (χ2n) is 4.09. The lowest BCUT2D eigenvalue weighted by molar-refractivity contribution is 0.964. The average Bonchev–Trinajstić information content (AvgIpc) is 2.76. The Kier molecular flexibility index (Phi) is 4.21. The summed E-state index contributed by atoms with van der Waals surface area (Å²) in [5, 5.41) is 0.700. The Balaban J connectivity index is 2.34. The molecule has 2 heterocycles. The van der Waals surface area contributed by atoms with Crippen LogP contribution in [0.4, 0.5) is 0 Å². The van der Waals surface area contributed by atoms with E-state index in [1.807, 2.05) is 28.8 Å². The fourth-order valence-corrected chi connectivity index (χ4v) is 3.60. The van der Waals surface area contributed by atoms with Crippen LogP contribution in [0.2, 0.25) is 5.02 Å². The van der Waals surface area contributed by atoms with E-state index in [9.17, 15) is 0 Å². The molecule has 20 heavy (non-hydrogen) atoms. The van der Waals surface area contributed by atoms with Gasteiger partial charge in [-0.05, 0) is 62.8 Å². The third kappa shape index (κ3) is 2.56. The monoisotopic (exact) mass is 481 g/mol. The number of aromatic nitrogens is 3. The van der Waals surface area contributed by atoms with Crippen molar-refractivity contribution in [2.45, 2.75) is 5.88 Å². The third-order valence-electron chi connectivity index (χ3n) is 2.80. The van der Waals surface area contributed by atoms with E-state index in [1.54, 1.807) is 6.20 Å². The zero-order valence-corrected chi connectivity index (χ0v) is 15.2. The molecular formula is C13H7BrCl2IN3. The van der Waals surface area contributed by atoms with Gasteiger partial charge in [0.05, 0.1) is 11.6 Å². The first-order valence-electron chi connectivity index (χ1n) is 5.64. The summed E-state index contributed by atoms with van der Waals surface area (Å²) in [5.41, 5.74) is 2.56. The highest BCUT2D eigenvalue weighted by Crippen LogP contribution is 2.27. The molecule has 0 saturated heterocycles. The van der Waals surface area contributed by atoms with Gasteiger partial charge < -0.3 is 0 Å². The van der Waals surface area contributed by atoms with Crippen LogP contribution in [0, 0.1) is 3.57 Å². The predicted octanol–water partition coefficient (Wildman–Crippen LogP) is 5.18. The molecule has 0 saturated carbocycles. The van der Waals surface area contributed by atoms with Crippen molar-refractivity contribution in [3.63, 3.8) is 0 Å². The van der Waals surface area contributed by atoms with Crippen LogP contribution in [0.3, 0.4) is 0 Å².